The molecule has 0 aromatic rings. The summed E-state index contributed by atoms with van der Waals surface area (Å²) in [6.45, 7) is 8.31. The smallest absolute Gasteiger partial charge is 0.0593 e. The molecule has 5 heteroatoms. The highest BCUT2D eigenvalue weighted by Crippen LogP contribution is 2.10. The topological polar surface area (TPSA) is 62.2 Å². The third-order valence-corrected chi connectivity index (χ3v) is 4.83. The van der Waals surface area contributed by atoms with Crippen LogP contribution in [-0.2, 0) is 9.47 Å². The van der Waals surface area contributed by atoms with E-state index in [-0.39, 0.29) is 13.2 Å². The van der Waals surface area contributed by atoms with Crippen LogP contribution in [0, 0.1) is 0 Å². The van der Waals surface area contributed by atoms with Gasteiger partial charge in [-0.2, -0.15) is 0 Å². The van der Waals surface area contributed by atoms with E-state index in [2.05, 4.69) is 11.8 Å². The van der Waals surface area contributed by atoms with E-state index < -0.39 is 0 Å². The van der Waals surface area contributed by atoms with Gasteiger partial charge in [-0.3, -0.25) is 4.90 Å². The van der Waals surface area contributed by atoms with Crippen molar-refractivity contribution in [2.75, 3.05) is 59.3 Å². The summed E-state index contributed by atoms with van der Waals surface area (Å²) in [5.41, 5.74) is 0. The van der Waals surface area contributed by atoms with Crippen LogP contribution in [0.3, 0.4) is 0 Å². The van der Waals surface area contributed by atoms with Crippen LogP contribution >= 0.6 is 0 Å². The maximum absolute atomic E-state index is 8.80. The Kier molecular flexibility index (Phi) is 23.7. The standard InChI is InChI=1S/C22H47NO4/c1-2-3-4-5-6-7-8-9-10-11-14-23(15-21-26-19-12-17-24)16-22-27-20-13-18-25/h24-25H,2-22H2,1H3. The first-order valence-corrected chi connectivity index (χ1v) is 11.4. The summed E-state index contributed by atoms with van der Waals surface area (Å²) in [5.74, 6) is 0. The summed E-state index contributed by atoms with van der Waals surface area (Å²) >= 11 is 0. The minimum absolute atomic E-state index is 0.195. The van der Waals surface area contributed by atoms with Crippen molar-refractivity contribution in [1.82, 2.24) is 4.90 Å². The molecular formula is C22H47NO4. The molecule has 0 rings (SSSR count). The molecule has 27 heavy (non-hydrogen) atoms. The van der Waals surface area contributed by atoms with Gasteiger partial charge in [0.15, 0.2) is 0 Å². The lowest BCUT2D eigenvalue weighted by molar-refractivity contribution is 0.0650. The van der Waals surface area contributed by atoms with E-state index in [1.165, 1.54) is 64.2 Å². The molecule has 0 aromatic carbocycles. The third kappa shape index (κ3) is 22.0. The molecule has 0 unspecified atom stereocenters. The molecule has 0 heterocycles. The molecule has 164 valence electrons. The van der Waals surface area contributed by atoms with Crippen LogP contribution in [0.2, 0.25) is 0 Å². The van der Waals surface area contributed by atoms with Gasteiger partial charge in [-0.1, -0.05) is 64.7 Å². The van der Waals surface area contributed by atoms with Gasteiger partial charge in [-0.05, 0) is 25.8 Å². The van der Waals surface area contributed by atoms with Crippen molar-refractivity contribution in [3.63, 3.8) is 0 Å². The largest absolute Gasteiger partial charge is 0.396 e. The van der Waals surface area contributed by atoms with Gasteiger partial charge in [0.2, 0.25) is 0 Å². The Labute approximate surface area is 168 Å². The molecular weight excluding hydrogens is 342 g/mol. The SMILES string of the molecule is CCCCCCCCCCCCN(CCOCCCO)CCOCCCO. The highest BCUT2D eigenvalue weighted by molar-refractivity contribution is 4.58. The molecule has 0 bridgehead atoms. The molecule has 0 amide bonds. The van der Waals surface area contributed by atoms with E-state index in [4.69, 9.17) is 19.7 Å². The van der Waals surface area contributed by atoms with E-state index in [9.17, 15) is 0 Å². The molecule has 0 aliphatic rings. The van der Waals surface area contributed by atoms with Gasteiger partial charge in [0.05, 0.1) is 13.2 Å². The Hall–Kier alpha value is -0.200. The maximum Gasteiger partial charge on any atom is 0.0593 e. The second-order valence-corrected chi connectivity index (χ2v) is 7.40. The van der Waals surface area contributed by atoms with Crippen molar-refractivity contribution in [3.05, 3.63) is 0 Å². The fourth-order valence-electron chi connectivity index (χ4n) is 3.08. The zero-order valence-electron chi connectivity index (χ0n) is 18.0. The first-order chi connectivity index (χ1) is 13.3. The zero-order valence-corrected chi connectivity index (χ0v) is 18.0. The van der Waals surface area contributed by atoms with Crippen molar-refractivity contribution in [2.45, 2.75) is 84.0 Å². The number of unbranched alkanes of at least 4 members (excludes halogenated alkanes) is 9. The van der Waals surface area contributed by atoms with Crippen LogP contribution in [0.15, 0.2) is 0 Å². The molecule has 2 N–H and O–H groups in total. The van der Waals surface area contributed by atoms with Gasteiger partial charge in [-0.15, -0.1) is 0 Å². The molecule has 5 nitrogen and oxygen atoms in total. The molecule has 0 aromatic heterocycles. The van der Waals surface area contributed by atoms with Crippen molar-refractivity contribution in [1.29, 1.82) is 0 Å². The van der Waals surface area contributed by atoms with Crippen LogP contribution < -0.4 is 0 Å². The molecule has 0 fully saturated rings. The first kappa shape index (κ1) is 26.8. The van der Waals surface area contributed by atoms with Gasteiger partial charge in [0.25, 0.3) is 0 Å². The molecule has 0 saturated carbocycles. The number of aliphatic hydroxyl groups excluding tert-OH is 2. The van der Waals surface area contributed by atoms with Crippen molar-refractivity contribution >= 4 is 0 Å². The van der Waals surface area contributed by atoms with Gasteiger partial charge in [0, 0.05) is 39.5 Å². The summed E-state index contributed by atoms with van der Waals surface area (Å²) < 4.78 is 11.1. The predicted molar refractivity (Wildman–Crippen MR) is 113 cm³/mol. The minimum atomic E-state index is 0.195. The molecule has 0 aliphatic carbocycles. The fourth-order valence-corrected chi connectivity index (χ4v) is 3.08. The molecule has 0 saturated heterocycles. The van der Waals surface area contributed by atoms with Crippen molar-refractivity contribution in [2.24, 2.45) is 0 Å². The second kappa shape index (κ2) is 23.8. The highest BCUT2D eigenvalue weighted by Gasteiger charge is 2.05. The van der Waals surface area contributed by atoms with Gasteiger partial charge >= 0.3 is 0 Å². The Morgan fingerprint density at radius 1 is 0.519 bits per heavy atom. The van der Waals surface area contributed by atoms with Crippen LogP contribution in [0.5, 0.6) is 0 Å². The average molecular weight is 390 g/mol. The molecule has 0 atom stereocenters. The number of hydrogen-bond donors (Lipinski definition) is 2. The average Bonchev–Trinajstić information content (AvgIpc) is 2.68. The van der Waals surface area contributed by atoms with Gasteiger partial charge < -0.3 is 19.7 Å². The monoisotopic (exact) mass is 389 g/mol. The van der Waals surface area contributed by atoms with Crippen LogP contribution in [0.1, 0.15) is 84.0 Å². The Morgan fingerprint density at radius 3 is 1.41 bits per heavy atom. The molecule has 0 aliphatic heterocycles. The summed E-state index contributed by atoms with van der Waals surface area (Å²) in [6, 6.07) is 0. The van der Waals surface area contributed by atoms with Crippen LogP contribution in [-0.4, -0.2) is 74.4 Å². The van der Waals surface area contributed by atoms with Crippen molar-refractivity contribution in [3.8, 4) is 0 Å². The summed E-state index contributed by atoms with van der Waals surface area (Å²) in [6.07, 6.45) is 15.0. The minimum Gasteiger partial charge on any atom is -0.396 e. The Bertz CT molecular complexity index is 253. The lowest BCUT2D eigenvalue weighted by atomic mass is 10.1. The van der Waals surface area contributed by atoms with E-state index in [0.717, 1.165) is 19.6 Å². The van der Waals surface area contributed by atoms with Crippen LogP contribution in [0.25, 0.3) is 0 Å². The second-order valence-electron chi connectivity index (χ2n) is 7.40. The predicted octanol–water partition coefficient (Wildman–Crippen LogP) is 4.01. The molecule has 0 radical (unpaired) electrons. The number of hydrogen-bond acceptors (Lipinski definition) is 5. The van der Waals surface area contributed by atoms with E-state index in [1.807, 2.05) is 0 Å². The van der Waals surface area contributed by atoms with E-state index in [1.54, 1.807) is 0 Å². The number of aliphatic hydroxyl groups is 2. The summed E-state index contributed by atoms with van der Waals surface area (Å²) in [7, 11) is 0. The number of ether oxygens (including phenoxy) is 2. The van der Waals surface area contributed by atoms with Gasteiger partial charge in [0.1, 0.15) is 0 Å². The number of nitrogens with zero attached hydrogens (tertiary/aromatic N) is 1. The van der Waals surface area contributed by atoms with Crippen LogP contribution in [0.4, 0.5) is 0 Å². The lowest BCUT2D eigenvalue weighted by Gasteiger charge is -2.22. The third-order valence-electron chi connectivity index (χ3n) is 4.83. The number of rotatable bonds is 23. The van der Waals surface area contributed by atoms with Crippen molar-refractivity contribution < 1.29 is 19.7 Å². The summed E-state index contributed by atoms with van der Waals surface area (Å²) in [5, 5.41) is 17.6. The highest BCUT2D eigenvalue weighted by atomic mass is 16.5. The summed E-state index contributed by atoms with van der Waals surface area (Å²) in [4.78, 5) is 2.42. The van der Waals surface area contributed by atoms with E-state index >= 15 is 0 Å². The maximum atomic E-state index is 8.80. The zero-order chi connectivity index (χ0) is 19.8. The lowest BCUT2D eigenvalue weighted by Crippen LogP contribution is -2.32. The Morgan fingerprint density at radius 2 is 0.963 bits per heavy atom. The molecule has 0 spiro atoms. The fraction of sp³-hybridized carbons (Fsp3) is 1.00. The van der Waals surface area contributed by atoms with Gasteiger partial charge in [-0.25, -0.2) is 0 Å². The Balaban J connectivity index is 3.68. The normalized spacial score (nSPS) is 11.6. The first-order valence-electron chi connectivity index (χ1n) is 11.4. The van der Waals surface area contributed by atoms with E-state index in [0.29, 0.717) is 39.3 Å². The quantitative estimate of drug-likeness (QED) is 0.259.